The van der Waals surface area contributed by atoms with Crippen LogP contribution in [0.1, 0.15) is 56.0 Å². The number of aromatic nitrogens is 1. The SMILES string of the molecule is CCC(C)c1ccc(N2CCN(C(=O)c3ccc(N(C(=O)OC)C(C)C)cc3F)CC2)nc1. The molecule has 8 heteroatoms. The summed E-state index contributed by atoms with van der Waals surface area (Å²) in [4.78, 5) is 34.7. The lowest BCUT2D eigenvalue weighted by Gasteiger charge is -2.35. The van der Waals surface area contributed by atoms with Crippen LogP contribution < -0.4 is 9.80 Å². The number of ether oxygens (including phenoxy) is 1. The highest BCUT2D eigenvalue weighted by Crippen LogP contribution is 2.24. The van der Waals surface area contributed by atoms with Crippen LogP contribution in [0.25, 0.3) is 0 Å². The van der Waals surface area contributed by atoms with E-state index in [2.05, 4.69) is 29.8 Å². The van der Waals surface area contributed by atoms with Crippen molar-refractivity contribution in [3.05, 3.63) is 53.5 Å². The second-order valence-electron chi connectivity index (χ2n) is 8.64. The Bertz CT molecular complexity index is 972. The number of hydrogen-bond acceptors (Lipinski definition) is 5. The second-order valence-corrected chi connectivity index (χ2v) is 8.64. The number of carbonyl (C=O) groups is 2. The molecular weight excluding hydrogens is 423 g/mol. The van der Waals surface area contributed by atoms with Gasteiger partial charge < -0.3 is 14.5 Å². The minimum absolute atomic E-state index is 0.00296. The number of halogens is 1. The van der Waals surface area contributed by atoms with E-state index in [9.17, 15) is 14.0 Å². The Morgan fingerprint density at radius 3 is 2.33 bits per heavy atom. The first-order chi connectivity index (χ1) is 15.8. The fraction of sp³-hybridized carbons (Fsp3) is 0.480. The van der Waals surface area contributed by atoms with Crippen LogP contribution in [-0.4, -0.2) is 61.2 Å². The third-order valence-electron chi connectivity index (χ3n) is 6.19. The van der Waals surface area contributed by atoms with Gasteiger partial charge in [0.25, 0.3) is 5.91 Å². The molecule has 0 spiro atoms. The Hall–Kier alpha value is -3.16. The lowest BCUT2D eigenvalue weighted by molar-refractivity contribution is 0.0742. The number of carbonyl (C=O) groups excluding carboxylic acids is 2. The number of piperazine rings is 1. The molecular formula is C25H33FN4O3. The van der Waals surface area contributed by atoms with Crippen LogP contribution in [0.2, 0.25) is 0 Å². The first kappa shape index (κ1) is 24.5. The first-order valence-corrected chi connectivity index (χ1v) is 11.4. The summed E-state index contributed by atoms with van der Waals surface area (Å²) in [6.07, 6.45) is 2.41. The van der Waals surface area contributed by atoms with Gasteiger partial charge >= 0.3 is 6.09 Å². The van der Waals surface area contributed by atoms with Gasteiger partial charge in [-0.25, -0.2) is 14.2 Å². The quantitative estimate of drug-likeness (QED) is 0.632. The molecule has 1 saturated heterocycles. The molecule has 0 aliphatic carbocycles. The molecule has 2 aromatic rings. The van der Waals surface area contributed by atoms with Gasteiger partial charge in [0.1, 0.15) is 11.6 Å². The topological polar surface area (TPSA) is 66.0 Å². The van der Waals surface area contributed by atoms with Crippen LogP contribution in [0, 0.1) is 5.82 Å². The molecule has 2 heterocycles. The van der Waals surface area contributed by atoms with Crippen LogP contribution in [0.5, 0.6) is 0 Å². The van der Waals surface area contributed by atoms with Crippen molar-refractivity contribution in [3.8, 4) is 0 Å². The van der Waals surface area contributed by atoms with Gasteiger partial charge in [-0.3, -0.25) is 9.69 Å². The van der Waals surface area contributed by atoms with Gasteiger partial charge in [0.05, 0.1) is 18.4 Å². The Labute approximate surface area is 195 Å². The van der Waals surface area contributed by atoms with E-state index >= 15 is 0 Å². The second kappa shape index (κ2) is 10.6. The van der Waals surface area contributed by atoms with E-state index < -0.39 is 11.9 Å². The predicted octanol–water partition coefficient (Wildman–Crippen LogP) is 4.68. The van der Waals surface area contributed by atoms with Gasteiger partial charge in [0.15, 0.2) is 0 Å². The Morgan fingerprint density at radius 2 is 1.82 bits per heavy atom. The molecule has 2 amide bonds. The molecule has 1 aromatic carbocycles. The summed E-state index contributed by atoms with van der Waals surface area (Å²) in [6, 6.07) is 8.14. The van der Waals surface area contributed by atoms with Crippen LogP contribution in [0.15, 0.2) is 36.5 Å². The van der Waals surface area contributed by atoms with Gasteiger partial charge in [-0.1, -0.05) is 19.9 Å². The molecule has 1 aromatic heterocycles. The minimum atomic E-state index is -0.656. The fourth-order valence-electron chi connectivity index (χ4n) is 3.96. The number of rotatable bonds is 6. The summed E-state index contributed by atoms with van der Waals surface area (Å²) in [6.45, 7) is 10.2. The highest BCUT2D eigenvalue weighted by Gasteiger charge is 2.26. The molecule has 1 atom stereocenters. The smallest absolute Gasteiger partial charge is 0.414 e. The summed E-state index contributed by atoms with van der Waals surface area (Å²) in [7, 11) is 1.28. The number of methoxy groups -OCH3 is 1. The molecule has 7 nitrogen and oxygen atoms in total. The van der Waals surface area contributed by atoms with Gasteiger partial charge in [0, 0.05) is 38.4 Å². The monoisotopic (exact) mass is 456 g/mol. The average Bonchev–Trinajstić information content (AvgIpc) is 2.83. The van der Waals surface area contributed by atoms with E-state index in [-0.39, 0.29) is 17.5 Å². The van der Waals surface area contributed by atoms with Gasteiger partial charge in [-0.05, 0) is 56.0 Å². The van der Waals surface area contributed by atoms with Crippen LogP contribution in [0.3, 0.4) is 0 Å². The third kappa shape index (κ3) is 5.43. The third-order valence-corrected chi connectivity index (χ3v) is 6.19. The van der Waals surface area contributed by atoms with Crippen molar-refractivity contribution in [2.75, 3.05) is 43.1 Å². The van der Waals surface area contributed by atoms with Crippen molar-refractivity contribution in [2.45, 2.75) is 46.1 Å². The van der Waals surface area contributed by atoms with Crippen molar-refractivity contribution in [1.29, 1.82) is 0 Å². The standard InChI is InChI=1S/C25H33FN4O3/c1-6-18(4)19-7-10-23(27-16-19)28-11-13-29(14-12-28)24(31)21-9-8-20(15-22(21)26)30(17(2)3)25(32)33-5/h7-10,15-18H,6,11-14H2,1-5H3. The van der Waals surface area contributed by atoms with E-state index in [0.29, 0.717) is 37.8 Å². The summed E-state index contributed by atoms with van der Waals surface area (Å²) in [5.41, 5.74) is 1.57. The van der Waals surface area contributed by atoms with Gasteiger partial charge in [0.2, 0.25) is 0 Å². The van der Waals surface area contributed by atoms with Crippen molar-refractivity contribution in [1.82, 2.24) is 9.88 Å². The first-order valence-electron chi connectivity index (χ1n) is 11.4. The summed E-state index contributed by atoms with van der Waals surface area (Å²) >= 11 is 0. The lowest BCUT2D eigenvalue weighted by Crippen LogP contribution is -2.49. The molecule has 0 N–H and O–H groups in total. The van der Waals surface area contributed by atoms with E-state index in [0.717, 1.165) is 12.2 Å². The largest absolute Gasteiger partial charge is 0.452 e. The molecule has 0 saturated carbocycles. The van der Waals surface area contributed by atoms with E-state index in [1.165, 1.54) is 29.7 Å². The van der Waals surface area contributed by atoms with Crippen LogP contribution in [-0.2, 0) is 4.74 Å². The Balaban J connectivity index is 1.66. The highest BCUT2D eigenvalue weighted by molar-refractivity contribution is 5.96. The summed E-state index contributed by atoms with van der Waals surface area (Å²) in [5, 5.41) is 0. The maximum atomic E-state index is 14.9. The number of hydrogen-bond donors (Lipinski definition) is 0. The Morgan fingerprint density at radius 1 is 1.12 bits per heavy atom. The number of nitrogens with zero attached hydrogens (tertiary/aromatic N) is 4. The molecule has 0 radical (unpaired) electrons. The van der Waals surface area contributed by atoms with Crippen LogP contribution in [0.4, 0.5) is 20.7 Å². The molecule has 33 heavy (non-hydrogen) atoms. The normalized spacial score (nSPS) is 14.9. The maximum absolute atomic E-state index is 14.9. The van der Waals surface area contributed by atoms with Crippen molar-refractivity contribution in [3.63, 3.8) is 0 Å². The summed E-state index contributed by atoms with van der Waals surface area (Å²) in [5.74, 6) is 0.355. The number of anilines is 2. The molecule has 1 aliphatic rings. The highest BCUT2D eigenvalue weighted by atomic mass is 19.1. The molecule has 0 bridgehead atoms. The lowest BCUT2D eigenvalue weighted by atomic mass is 10.0. The molecule has 1 unspecified atom stereocenters. The number of benzene rings is 1. The van der Waals surface area contributed by atoms with Crippen molar-refractivity contribution < 1.29 is 18.7 Å². The fourth-order valence-corrected chi connectivity index (χ4v) is 3.96. The van der Waals surface area contributed by atoms with Crippen molar-refractivity contribution in [2.24, 2.45) is 0 Å². The molecule has 178 valence electrons. The molecule has 1 aliphatic heterocycles. The number of pyridine rings is 1. The zero-order chi connectivity index (χ0) is 24.1. The van der Waals surface area contributed by atoms with Gasteiger partial charge in [-0.2, -0.15) is 0 Å². The summed E-state index contributed by atoms with van der Waals surface area (Å²) < 4.78 is 19.7. The minimum Gasteiger partial charge on any atom is -0.452 e. The Kier molecular flexibility index (Phi) is 7.89. The van der Waals surface area contributed by atoms with Crippen LogP contribution >= 0.6 is 0 Å². The average molecular weight is 457 g/mol. The molecule has 3 rings (SSSR count). The number of amides is 2. The maximum Gasteiger partial charge on any atom is 0.414 e. The van der Waals surface area contributed by atoms with E-state index in [1.54, 1.807) is 24.8 Å². The molecule has 1 fully saturated rings. The zero-order valence-corrected chi connectivity index (χ0v) is 20.0. The van der Waals surface area contributed by atoms with E-state index in [4.69, 9.17) is 4.74 Å². The van der Waals surface area contributed by atoms with E-state index in [1.807, 2.05) is 12.3 Å². The van der Waals surface area contributed by atoms with Crippen molar-refractivity contribution >= 4 is 23.5 Å². The zero-order valence-electron chi connectivity index (χ0n) is 20.0. The predicted molar refractivity (Wildman–Crippen MR) is 127 cm³/mol. The van der Waals surface area contributed by atoms with Gasteiger partial charge in [-0.15, -0.1) is 0 Å².